The lowest BCUT2D eigenvalue weighted by Crippen LogP contribution is -2.53. The van der Waals surface area contributed by atoms with Crippen LogP contribution in [-0.4, -0.2) is 57.0 Å². The molecule has 8 nitrogen and oxygen atoms in total. The number of hydrogen-bond donors (Lipinski definition) is 3. The van der Waals surface area contributed by atoms with Crippen molar-refractivity contribution in [1.29, 1.82) is 0 Å². The average molecular weight is 525 g/mol. The van der Waals surface area contributed by atoms with Gasteiger partial charge in [0.25, 0.3) is 0 Å². The topological polar surface area (TPSA) is 110 Å². The number of fused-ring (bicyclic) bond motifs is 4. The number of thiazole rings is 1. The summed E-state index contributed by atoms with van der Waals surface area (Å²) in [5, 5.41) is 9.02. The number of cyclic esters (lactones) is 1. The van der Waals surface area contributed by atoms with E-state index in [0.717, 1.165) is 30.0 Å². The maximum Gasteiger partial charge on any atom is 0.329 e. The molecular formula is C23H32N4O4S3. The molecule has 186 valence electrons. The van der Waals surface area contributed by atoms with Crippen molar-refractivity contribution in [2.75, 3.05) is 11.5 Å². The highest BCUT2D eigenvalue weighted by Crippen LogP contribution is 2.32. The first-order valence-electron chi connectivity index (χ1n) is 11.4. The van der Waals surface area contributed by atoms with Gasteiger partial charge in [-0.1, -0.05) is 19.9 Å². The number of allylic oxidation sites excluding steroid dienone is 1. The van der Waals surface area contributed by atoms with Gasteiger partial charge in [0.15, 0.2) is 0 Å². The fourth-order valence-corrected chi connectivity index (χ4v) is 5.60. The van der Waals surface area contributed by atoms with Crippen LogP contribution in [0, 0.1) is 5.92 Å². The summed E-state index contributed by atoms with van der Waals surface area (Å²) < 4.78 is 5.72. The second kappa shape index (κ2) is 12.2. The summed E-state index contributed by atoms with van der Waals surface area (Å²) in [6.45, 7) is 5.73. The SMILES string of the molecule is CC(C)[C@@H]1NC(=O)[C@]2(C)CSC(=N2)c2csc(n2)CNC(=O)CC(/C=C/CCCCS)OC1=O. The molecule has 3 heterocycles. The van der Waals surface area contributed by atoms with Crippen LogP contribution in [0.15, 0.2) is 22.5 Å². The average Bonchev–Trinajstić information content (AvgIpc) is 3.42. The van der Waals surface area contributed by atoms with Gasteiger partial charge in [0, 0.05) is 11.1 Å². The number of rotatable bonds is 6. The Morgan fingerprint density at radius 2 is 2.12 bits per heavy atom. The molecule has 3 rings (SSSR count). The minimum atomic E-state index is -1.01. The number of carbonyl (C=O) groups is 3. The van der Waals surface area contributed by atoms with E-state index in [1.54, 1.807) is 13.0 Å². The third kappa shape index (κ3) is 7.08. The molecular weight excluding hydrogens is 492 g/mol. The zero-order valence-corrected chi connectivity index (χ0v) is 22.2. The Kier molecular flexibility index (Phi) is 9.61. The molecule has 2 N–H and O–H groups in total. The number of aromatic nitrogens is 1. The third-order valence-electron chi connectivity index (χ3n) is 5.53. The molecule has 0 aromatic carbocycles. The van der Waals surface area contributed by atoms with E-state index >= 15 is 0 Å². The van der Waals surface area contributed by atoms with Crippen molar-refractivity contribution in [3.63, 3.8) is 0 Å². The lowest BCUT2D eigenvalue weighted by molar-refractivity contribution is -0.153. The van der Waals surface area contributed by atoms with Gasteiger partial charge in [-0.2, -0.15) is 12.6 Å². The standard InChI is InChI=1S/C23H32N4O4S3/c1-14(2)19-21(29)31-15(8-6-4-5-7-9-32)10-17(28)24-11-18-25-16(12-33-18)20-27-23(3,13-34-20)22(30)26-19/h6,8,12,14-15,19,32H,4-5,7,9-11,13H2,1-3H3,(H,24,28)(H,26,30)/b8-6+/t15?,19-,23-/m0/s1. The molecule has 1 aromatic heterocycles. The first-order valence-corrected chi connectivity index (χ1v) is 13.9. The van der Waals surface area contributed by atoms with Gasteiger partial charge in [-0.15, -0.1) is 23.1 Å². The van der Waals surface area contributed by atoms with Gasteiger partial charge < -0.3 is 15.4 Å². The van der Waals surface area contributed by atoms with E-state index in [1.807, 2.05) is 25.3 Å². The van der Waals surface area contributed by atoms with Crippen LogP contribution in [0.1, 0.15) is 57.2 Å². The van der Waals surface area contributed by atoms with Crippen molar-refractivity contribution >= 4 is 58.6 Å². The molecule has 4 bridgehead atoms. The van der Waals surface area contributed by atoms with Gasteiger partial charge in [-0.3, -0.25) is 14.6 Å². The van der Waals surface area contributed by atoms with Crippen LogP contribution in [0.3, 0.4) is 0 Å². The molecule has 0 saturated carbocycles. The molecule has 3 atom stereocenters. The number of esters is 1. The van der Waals surface area contributed by atoms with Gasteiger partial charge in [0.05, 0.1) is 13.0 Å². The molecule has 0 spiro atoms. The molecule has 1 unspecified atom stereocenters. The molecule has 0 saturated heterocycles. The number of thiol groups is 1. The van der Waals surface area contributed by atoms with Crippen molar-refractivity contribution in [2.24, 2.45) is 10.9 Å². The quantitative estimate of drug-likeness (QED) is 0.228. The van der Waals surface area contributed by atoms with Gasteiger partial charge in [-0.25, -0.2) is 9.78 Å². The van der Waals surface area contributed by atoms with E-state index < -0.39 is 23.7 Å². The second-order valence-corrected chi connectivity index (χ2v) is 11.3. The number of unbranched alkanes of at least 4 members (excludes halogenated alkanes) is 2. The number of carbonyl (C=O) groups excluding carboxylic acids is 3. The van der Waals surface area contributed by atoms with Crippen LogP contribution in [0.25, 0.3) is 0 Å². The van der Waals surface area contributed by atoms with Crippen molar-refractivity contribution in [2.45, 2.75) is 70.7 Å². The summed E-state index contributed by atoms with van der Waals surface area (Å²) in [6, 6.07) is -0.851. The summed E-state index contributed by atoms with van der Waals surface area (Å²) in [6.07, 6.45) is 5.69. The number of ether oxygens (including phenoxy) is 1. The summed E-state index contributed by atoms with van der Waals surface area (Å²) >= 11 is 7.11. The van der Waals surface area contributed by atoms with Crippen molar-refractivity contribution in [3.05, 3.63) is 28.2 Å². The molecule has 0 aliphatic carbocycles. The Morgan fingerprint density at radius 3 is 2.85 bits per heavy atom. The number of thioether (sulfide) groups is 1. The van der Waals surface area contributed by atoms with Gasteiger partial charge in [-0.05, 0) is 43.9 Å². The molecule has 2 amide bonds. The predicted molar refractivity (Wildman–Crippen MR) is 139 cm³/mol. The van der Waals surface area contributed by atoms with Gasteiger partial charge >= 0.3 is 5.97 Å². The summed E-state index contributed by atoms with van der Waals surface area (Å²) in [4.78, 5) is 48.1. The maximum atomic E-state index is 13.2. The number of aliphatic imine (C=N–C) groups is 1. The lowest BCUT2D eigenvalue weighted by Gasteiger charge is -2.27. The molecule has 0 radical (unpaired) electrons. The van der Waals surface area contributed by atoms with Crippen LogP contribution < -0.4 is 10.6 Å². The Balaban J connectivity index is 1.86. The van der Waals surface area contributed by atoms with Crippen molar-refractivity contribution in [1.82, 2.24) is 15.6 Å². The highest BCUT2D eigenvalue weighted by molar-refractivity contribution is 8.14. The van der Waals surface area contributed by atoms with Crippen LogP contribution in [0.4, 0.5) is 0 Å². The van der Waals surface area contributed by atoms with E-state index in [2.05, 4.69) is 33.2 Å². The third-order valence-corrected chi connectivity index (χ3v) is 7.97. The zero-order chi connectivity index (χ0) is 24.7. The summed E-state index contributed by atoms with van der Waals surface area (Å²) in [5.41, 5.74) is -0.306. The number of amides is 2. The Morgan fingerprint density at radius 1 is 1.32 bits per heavy atom. The largest absolute Gasteiger partial charge is 0.456 e. The normalized spacial score (nSPS) is 26.4. The zero-order valence-electron chi connectivity index (χ0n) is 19.7. The minimum Gasteiger partial charge on any atom is -0.456 e. The summed E-state index contributed by atoms with van der Waals surface area (Å²) in [5.74, 6) is -0.0706. The molecule has 1 aromatic rings. The molecule has 2 aliphatic rings. The Hall–Kier alpha value is -1.85. The lowest BCUT2D eigenvalue weighted by atomic mass is 10.0. The summed E-state index contributed by atoms with van der Waals surface area (Å²) in [7, 11) is 0. The van der Waals surface area contributed by atoms with Crippen LogP contribution in [0.2, 0.25) is 0 Å². The van der Waals surface area contributed by atoms with E-state index in [1.165, 1.54) is 23.1 Å². The van der Waals surface area contributed by atoms with Crippen LogP contribution in [-0.2, 0) is 25.7 Å². The molecule has 34 heavy (non-hydrogen) atoms. The van der Waals surface area contributed by atoms with Gasteiger partial charge in [0.1, 0.15) is 33.4 Å². The minimum absolute atomic E-state index is 0.00786. The van der Waals surface area contributed by atoms with E-state index in [9.17, 15) is 14.4 Å². The molecule has 11 heteroatoms. The Bertz CT molecular complexity index is 962. The van der Waals surface area contributed by atoms with E-state index in [-0.39, 0.29) is 30.7 Å². The fraction of sp³-hybridized carbons (Fsp3) is 0.609. The molecule has 2 aliphatic heterocycles. The highest BCUT2D eigenvalue weighted by atomic mass is 32.2. The Labute approximate surface area is 214 Å². The predicted octanol–water partition coefficient (Wildman–Crippen LogP) is 3.12. The first-order chi connectivity index (χ1) is 16.2. The van der Waals surface area contributed by atoms with Crippen LogP contribution >= 0.6 is 35.7 Å². The molecule has 0 fully saturated rings. The van der Waals surface area contributed by atoms with Crippen molar-refractivity contribution in [3.8, 4) is 0 Å². The second-order valence-electron chi connectivity index (χ2n) is 8.90. The first kappa shape index (κ1) is 26.7. The smallest absolute Gasteiger partial charge is 0.329 e. The fourth-order valence-electron chi connectivity index (χ4n) is 3.45. The number of nitrogens with one attached hydrogen (secondary N) is 2. The number of hydrogen-bond acceptors (Lipinski definition) is 9. The van der Waals surface area contributed by atoms with Crippen molar-refractivity contribution < 1.29 is 19.1 Å². The van der Waals surface area contributed by atoms with Crippen LogP contribution in [0.5, 0.6) is 0 Å². The van der Waals surface area contributed by atoms with Gasteiger partial charge in [0.2, 0.25) is 11.8 Å². The van der Waals surface area contributed by atoms with E-state index in [0.29, 0.717) is 16.5 Å². The number of nitrogens with zero attached hydrogens (tertiary/aromatic N) is 2. The maximum absolute atomic E-state index is 13.2. The monoisotopic (exact) mass is 524 g/mol. The van der Waals surface area contributed by atoms with E-state index in [4.69, 9.17) is 4.74 Å². The highest BCUT2D eigenvalue weighted by Gasteiger charge is 2.41.